The number of aromatic carboxylic acids is 1. The molecule has 6 nitrogen and oxygen atoms in total. The maximum absolute atomic E-state index is 11.0. The van der Waals surface area contributed by atoms with Gasteiger partial charge in [0.1, 0.15) is 0 Å². The molecule has 1 aromatic heterocycles. The number of carbonyl (C=O) groups is 1. The molecule has 106 valence electrons. The summed E-state index contributed by atoms with van der Waals surface area (Å²) < 4.78 is 1.45. The molecule has 20 heavy (non-hydrogen) atoms. The third-order valence-electron chi connectivity index (χ3n) is 2.80. The highest BCUT2D eigenvalue weighted by atomic mass is 32.2. The number of aromatic nitrogens is 3. The summed E-state index contributed by atoms with van der Waals surface area (Å²) in [6, 6.07) is 6.74. The van der Waals surface area contributed by atoms with Crippen molar-refractivity contribution in [3.8, 4) is 0 Å². The summed E-state index contributed by atoms with van der Waals surface area (Å²) in [6.07, 6.45) is 1.70. The lowest BCUT2D eigenvalue weighted by atomic mass is 10.1. The summed E-state index contributed by atoms with van der Waals surface area (Å²) in [7, 11) is 0. The average Bonchev–Trinajstić information content (AvgIpc) is 2.78. The molecule has 0 bridgehead atoms. The first-order chi connectivity index (χ1) is 9.63. The second-order valence-electron chi connectivity index (χ2n) is 4.25. The Bertz CT molecular complexity index is 612. The van der Waals surface area contributed by atoms with E-state index in [-0.39, 0.29) is 5.56 Å². The lowest BCUT2D eigenvalue weighted by Crippen LogP contribution is -2.23. The molecule has 0 fully saturated rings. The normalized spacial score (nSPS) is 10.7. The minimum absolute atomic E-state index is 0.192. The molecule has 2 N–H and O–H groups in total. The highest BCUT2D eigenvalue weighted by molar-refractivity contribution is 7.98. The molecule has 7 heteroatoms. The van der Waals surface area contributed by atoms with Crippen LogP contribution in [0, 0.1) is 0 Å². The Hall–Kier alpha value is -2.02. The SMILES string of the molecule is CCCc1nnc(SCc2ccccc2C(=O)[O-])n1N. The standard InChI is InChI=1S/C13H16N4O2S/c1-2-5-11-15-16-13(17(11)14)20-8-9-6-3-4-7-10(9)12(18)19/h3-4,6-7H,2,5,8,14H2,1H3,(H,18,19)/p-1. The molecule has 0 amide bonds. The summed E-state index contributed by atoms with van der Waals surface area (Å²) in [5.74, 6) is 5.89. The van der Waals surface area contributed by atoms with Crippen LogP contribution in [-0.4, -0.2) is 20.8 Å². The third kappa shape index (κ3) is 3.11. The molecule has 0 spiro atoms. The van der Waals surface area contributed by atoms with Crippen molar-refractivity contribution in [1.29, 1.82) is 0 Å². The average molecular weight is 291 g/mol. The van der Waals surface area contributed by atoms with E-state index in [1.54, 1.807) is 18.2 Å². The van der Waals surface area contributed by atoms with E-state index in [0.717, 1.165) is 18.7 Å². The van der Waals surface area contributed by atoms with Crippen molar-refractivity contribution >= 4 is 17.7 Å². The Morgan fingerprint density at radius 2 is 2.15 bits per heavy atom. The van der Waals surface area contributed by atoms with Crippen LogP contribution >= 0.6 is 11.8 Å². The van der Waals surface area contributed by atoms with Crippen LogP contribution in [0.1, 0.15) is 35.1 Å². The van der Waals surface area contributed by atoms with Gasteiger partial charge in [-0.05, 0) is 12.0 Å². The van der Waals surface area contributed by atoms with E-state index in [1.165, 1.54) is 22.5 Å². The predicted molar refractivity (Wildman–Crippen MR) is 74.5 cm³/mol. The number of nitrogens with two attached hydrogens (primary N) is 1. The molecule has 0 saturated heterocycles. The van der Waals surface area contributed by atoms with E-state index in [2.05, 4.69) is 10.2 Å². The lowest BCUT2D eigenvalue weighted by molar-refractivity contribution is -0.255. The van der Waals surface area contributed by atoms with Crippen LogP contribution in [-0.2, 0) is 12.2 Å². The fraction of sp³-hybridized carbons (Fsp3) is 0.308. The maximum Gasteiger partial charge on any atom is 0.210 e. The van der Waals surface area contributed by atoms with Crippen molar-refractivity contribution in [3.63, 3.8) is 0 Å². The zero-order chi connectivity index (χ0) is 14.5. The molecule has 0 aliphatic rings. The van der Waals surface area contributed by atoms with E-state index < -0.39 is 5.97 Å². The predicted octanol–water partition coefficient (Wildman–Crippen LogP) is 0.600. The Morgan fingerprint density at radius 3 is 2.85 bits per heavy atom. The monoisotopic (exact) mass is 291 g/mol. The number of hydrogen-bond acceptors (Lipinski definition) is 6. The van der Waals surface area contributed by atoms with Gasteiger partial charge in [0, 0.05) is 17.7 Å². The summed E-state index contributed by atoms with van der Waals surface area (Å²) >= 11 is 1.35. The Morgan fingerprint density at radius 1 is 1.40 bits per heavy atom. The molecule has 0 saturated carbocycles. The fourth-order valence-electron chi connectivity index (χ4n) is 1.79. The molecule has 0 radical (unpaired) electrons. The van der Waals surface area contributed by atoms with Crippen LogP contribution in [0.15, 0.2) is 29.4 Å². The number of aryl methyl sites for hydroxylation is 1. The molecule has 0 aliphatic carbocycles. The smallest absolute Gasteiger partial charge is 0.210 e. The number of carboxylic acid groups (broad SMARTS) is 1. The van der Waals surface area contributed by atoms with Gasteiger partial charge in [-0.2, -0.15) is 0 Å². The van der Waals surface area contributed by atoms with Crippen molar-refractivity contribution in [2.75, 3.05) is 5.84 Å². The van der Waals surface area contributed by atoms with Gasteiger partial charge < -0.3 is 15.7 Å². The van der Waals surface area contributed by atoms with Gasteiger partial charge in [-0.3, -0.25) is 0 Å². The molecule has 2 aromatic rings. The number of hydrogen-bond donors (Lipinski definition) is 1. The van der Waals surface area contributed by atoms with Gasteiger partial charge in [0.2, 0.25) is 5.16 Å². The van der Waals surface area contributed by atoms with Gasteiger partial charge in [0.25, 0.3) is 0 Å². The number of carboxylic acids is 1. The van der Waals surface area contributed by atoms with Crippen LogP contribution in [0.3, 0.4) is 0 Å². The minimum atomic E-state index is -1.18. The van der Waals surface area contributed by atoms with Crippen LogP contribution in [0.25, 0.3) is 0 Å². The van der Waals surface area contributed by atoms with E-state index in [0.29, 0.717) is 16.5 Å². The zero-order valence-electron chi connectivity index (χ0n) is 11.1. The second-order valence-corrected chi connectivity index (χ2v) is 5.19. The summed E-state index contributed by atoms with van der Waals surface area (Å²) in [5.41, 5.74) is 0.870. The highest BCUT2D eigenvalue weighted by Crippen LogP contribution is 2.22. The largest absolute Gasteiger partial charge is 0.545 e. The van der Waals surface area contributed by atoms with Gasteiger partial charge in [0.05, 0.1) is 5.97 Å². The number of nitrogens with zero attached hydrogens (tertiary/aromatic N) is 3. The molecule has 0 aliphatic heterocycles. The molecule has 1 heterocycles. The third-order valence-corrected chi connectivity index (χ3v) is 3.79. The van der Waals surface area contributed by atoms with Gasteiger partial charge in [-0.25, -0.2) is 4.68 Å². The summed E-state index contributed by atoms with van der Waals surface area (Å²) in [6.45, 7) is 2.04. The number of carbonyl (C=O) groups excluding carboxylic acids is 1. The van der Waals surface area contributed by atoms with Crippen molar-refractivity contribution in [2.24, 2.45) is 0 Å². The van der Waals surface area contributed by atoms with E-state index in [1.807, 2.05) is 6.92 Å². The van der Waals surface area contributed by atoms with Crippen LogP contribution < -0.4 is 10.9 Å². The van der Waals surface area contributed by atoms with Crippen molar-refractivity contribution in [3.05, 3.63) is 41.2 Å². The molecule has 0 atom stereocenters. The van der Waals surface area contributed by atoms with E-state index in [4.69, 9.17) is 5.84 Å². The van der Waals surface area contributed by atoms with Gasteiger partial charge in [-0.15, -0.1) is 10.2 Å². The minimum Gasteiger partial charge on any atom is -0.545 e. The summed E-state index contributed by atoms with van der Waals surface area (Å²) in [5, 5.41) is 19.6. The van der Waals surface area contributed by atoms with Crippen LogP contribution in [0.2, 0.25) is 0 Å². The van der Waals surface area contributed by atoms with Crippen molar-refractivity contribution < 1.29 is 9.90 Å². The Balaban J connectivity index is 2.11. The van der Waals surface area contributed by atoms with Crippen molar-refractivity contribution in [1.82, 2.24) is 14.9 Å². The molecule has 2 rings (SSSR count). The highest BCUT2D eigenvalue weighted by Gasteiger charge is 2.10. The molecular weight excluding hydrogens is 276 g/mol. The van der Waals surface area contributed by atoms with E-state index in [9.17, 15) is 9.90 Å². The first kappa shape index (κ1) is 14.4. The molecular formula is C13H15N4O2S-. The first-order valence-corrected chi connectivity index (χ1v) is 7.23. The molecule has 1 aromatic carbocycles. The first-order valence-electron chi connectivity index (χ1n) is 6.25. The van der Waals surface area contributed by atoms with E-state index >= 15 is 0 Å². The van der Waals surface area contributed by atoms with Gasteiger partial charge in [0.15, 0.2) is 5.82 Å². The Kier molecular flexibility index (Phi) is 4.62. The van der Waals surface area contributed by atoms with Gasteiger partial charge >= 0.3 is 0 Å². The molecule has 0 unspecified atom stereocenters. The fourth-order valence-corrected chi connectivity index (χ4v) is 2.67. The number of rotatable bonds is 6. The van der Waals surface area contributed by atoms with Crippen molar-refractivity contribution in [2.45, 2.75) is 30.7 Å². The maximum atomic E-state index is 11.0. The second kappa shape index (κ2) is 6.42. The summed E-state index contributed by atoms with van der Waals surface area (Å²) in [4.78, 5) is 11.0. The topological polar surface area (TPSA) is 96.9 Å². The number of benzene rings is 1. The van der Waals surface area contributed by atoms with Crippen LogP contribution in [0.4, 0.5) is 0 Å². The Labute approximate surface area is 121 Å². The van der Waals surface area contributed by atoms with Gasteiger partial charge in [-0.1, -0.05) is 43.0 Å². The quantitative estimate of drug-likeness (QED) is 0.618. The van der Waals surface area contributed by atoms with Crippen LogP contribution in [0.5, 0.6) is 0 Å². The number of nitrogen functional groups attached to an aromatic ring is 1. The number of thioether (sulfide) groups is 1. The zero-order valence-corrected chi connectivity index (χ0v) is 11.9. The lowest BCUT2D eigenvalue weighted by Gasteiger charge is -2.09.